The molecular weight excluding hydrogens is 258 g/mol. The molecule has 0 radical (unpaired) electrons. The maximum absolute atomic E-state index is 11.7. The second-order valence-corrected chi connectivity index (χ2v) is 4.94. The largest absolute Gasteiger partial charge is 0.381 e. The second kappa shape index (κ2) is 7.35. The van der Waals surface area contributed by atoms with Crippen LogP contribution in [0.4, 0.5) is 5.95 Å². The van der Waals surface area contributed by atoms with E-state index in [4.69, 9.17) is 4.74 Å². The van der Waals surface area contributed by atoms with Crippen molar-refractivity contribution in [3.63, 3.8) is 0 Å². The van der Waals surface area contributed by atoms with E-state index in [1.165, 1.54) is 0 Å². The van der Waals surface area contributed by atoms with Crippen LogP contribution in [-0.2, 0) is 16.6 Å². The fourth-order valence-electron chi connectivity index (χ4n) is 2.26. The van der Waals surface area contributed by atoms with E-state index in [1.54, 1.807) is 11.7 Å². The van der Waals surface area contributed by atoms with Crippen molar-refractivity contribution in [3.05, 3.63) is 5.82 Å². The number of hydrogen-bond donors (Lipinski definition) is 2. The molecule has 2 N–H and O–H groups in total. The Morgan fingerprint density at radius 2 is 2.25 bits per heavy atom. The predicted molar refractivity (Wildman–Crippen MR) is 75.6 cm³/mol. The van der Waals surface area contributed by atoms with Crippen molar-refractivity contribution in [1.82, 2.24) is 20.1 Å². The van der Waals surface area contributed by atoms with Crippen molar-refractivity contribution < 1.29 is 9.53 Å². The minimum absolute atomic E-state index is 0.0918. The fraction of sp³-hybridized carbons (Fsp3) is 0.769. The van der Waals surface area contributed by atoms with Gasteiger partial charge in [-0.2, -0.15) is 10.1 Å². The Morgan fingerprint density at radius 1 is 1.50 bits per heavy atom. The number of aromatic nitrogens is 3. The van der Waals surface area contributed by atoms with Gasteiger partial charge in [0, 0.05) is 19.6 Å². The molecular formula is C13H23N5O2. The second-order valence-electron chi connectivity index (χ2n) is 4.94. The summed E-state index contributed by atoms with van der Waals surface area (Å²) in [5.41, 5.74) is 0. The minimum Gasteiger partial charge on any atom is -0.381 e. The molecule has 0 aromatic carbocycles. The van der Waals surface area contributed by atoms with Gasteiger partial charge in [0.2, 0.25) is 11.9 Å². The number of rotatable bonds is 6. The molecule has 0 atom stereocenters. The van der Waals surface area contributed by atoms with Gasteiger partial charge in [-0.1, -0.05) is 0 Å². The maximum atomic E-state index is 11.7. The summed E-state index contributed by atoms with van der Waals surface area (Å²) in [6, 6.07) is 0. The lowest BCUT2D eigenvalue weighted by atomic mass is 9.98. The van der Waals surface area contributed by atoms with Gasteiger partial charge >= 0.3 is 0 Å². The fourth-order valence-corrected chi connectivity index (χ4v) is 2.26. The first-order chi connectivity index (χ1) is 9.70. The Bertz CT molecular complexity index is 440. The van der Waals surface area contributed by atoms with Crippen LogP contribution in [0.1, 0.15) is 37.9 Å². The zero-order valence-electron chi connectivity index (χ0n) is 12.2. The number of nitrogens with one attached hydrogen (secondary N) is 2. The van der Waals surface area contributed by atoms with E-state index in [9.17, 15) is 4.79 Å². The van der Waals surface area contributed by atoms with Crippen molar-refractivity contribution in [2.24, 2.45) is 7.05 Å². The van der Waals surface area contributed by atoms with Gasteiger partial charge in [-0.05, 0) is 32.9 Å². The van der Waals surface area contributed by atoms with Gasteiger partial charge in [-0.15, -0.1) is 0 Å². The van der Waals surface area contributed by atoms with Crippen LogP contribution in [0.5, 0.6) is 0 Å². The molecule has 112 valence electrons. The lowest BCUT2D eigenvalue weighted by Gasteiger charge is -2.19. The van der Waals surface area contributed by atoms with Gasteiger partial charge in [0.25, 0.3) is 0 Å². The molecule has 0 unspecified atom stereocenters. The summed E-state index contributed by atoms with van der Waals surface area (Å²) in [4.78, 5) is 16.2. The van der Waals surface area contributed by atoms with Crippen molar-refractivity contribution in [3.8, 4) is 0 Å². The molecule has 0 aliphatic carbocycles. The monoisotopic (exact) mass is 281 g/mol. The van der Waals surface area contributed by atoms with Gasteiger partial charge in [-0.3, -0.25) is 10.1 Å². The lowest BCUT2D eigenvalue weighted by Crippen LogP contribution is -2.27. The maximum Gasteiger partial charge on any atom is 0.229 e. The third-order valence-corrected chi connectivity index (χ3v) is 3.41. The molecule has 1 aromatic heterocycles. The van der Waals surface area contributed by atoms with Crippen LogP contribution in [0.3, 0.4) is 0 Å². The Labute approximate surface area is 119 Å². The Morgan fingerprint density at radius 3 is 2.95 bits per heavy atom. The smallest absolute Gasteiger partial charge is 0.229 e. The zero-order valence-corrected chi connectivity index (χ0v) is 12.2. The molecule has 0 saturated carbocycles. The minimum atomic E-state index is -0.0918. The molecule has 1 aliphatic rings. The van der Waals surface area contributed by atoms with E-state index in [1.807, 2.05) is 6.92 Å². The van der Waals surface area contributed by atoms with E-state index < -0.39 is 0 Å². The lowest BCUT2D eigenvalue weighted by molar-refractivity contribution is -0.117. The van der Waals surface area contributed by atoms with Crippen molar-refractivity contribution >= 4 is 11.9 Å². The SMILES string of the molecule is CCOCCC(=O)Nc1nc(C2CCNCC2)nn1C. The van der Waals surface area contributed by atoms with Gasteiger partial charge in [-0.25, -0.2) is 4.68 Å². The Kier molecular flexibility index (Phi) is 5.49. The summed E-state index contributed by atoms with van der Waals surface area (Å²) in [5, 5.41) is 10.5. The van der Waals surface area contributed by atoms with E-state index in [-0.39, 0.29) is 5.91 Å². The van der Waals surface area contributed by atoms with Gasteiger partial charge in [0.15, 0.2) is 5.82 Å². The van der Waals surface area contributed by atoms with Gasteiger partial charge < -0.3 is 10.1 Å². The number of aryl methyl sites for hydroxylation is 1. The highest BCUT2D eigenvalue weighted by molar-refractivity contribution is 5.89. The normalized spacial score (nSPS) is 16.3. The van der Waals surface area contributed by atoms with Crippen molar-refractivity contribution in [1.29, 1.82) is 0 Å². The molecule has 1 aliphatic heterocycles. The number of piperidine rings is 1. The highest BCUT2D eigenvalue weighted by Gasteiger charge is 2.21. The Balaban J connectivity index is 1.91. The Hall–Kier alpha value is -1.47. The zero-order chi connectivity index (χ0) is 14.4. The molecule has 0 spiro atoms. The summed E-state index contributed by atoms with van der Waals surface area (Å²) in [6.45, 7) is 4.96. The van der Waals surface area contributed by atoms with Crippen LogP contribution in [-0.4, -0.2) is 47.0 Å². The standard InChI is InChI=1S/C13H23N5O2/c1-3-20-9-6-11(19)15-13-16-12(17-18(13)2)10-4-7-14-8-5-10/h10,14H,3-9H2,1-2H3,(H,15,16,17,19). The summed E-state index contributed by atoms with van der Waals surface area (Å²) < 4.78 is 6.80. The first-order valence-corrected chi connectivity index (χ1v) is 7.20. The average Bonchev–Trinajstić information content (AvgIpc) is 2.81. The summed E-state index contributed by atoms with van der Waals surface area (Å²) in [7, 11) is 1.80. The molecule has 1 saturated heterocycles. The first-order valence-electron chi connectivity index (χ1n) is 7.20. The number of nitrogens with zero attached hydrogens (tertiary/aromatic N) is 3. The summed E-state index contributed by atoms with van der Waals surface area (Å²) in [5.74, 6) is 1.64. The van der Waals surface area contributed by atoms with Crippen LogP contribution in [0.25, 0.3) is 0 Å². The van der Waals surface area contributed by atoms with Gasteiger partial charge in [0.05, 0.1) is 13.0 Å². The summed E-state index contributed by atoms with van der Waals surface area (Å²) in [6.07, 6.45) is 2.42. The van der Waals surface area contributed by atoms with Crippen LogP contribution in [0.2, 0.25) is 0 Å². The summed E-state index contributed by atoms with van der Waals surface area (Å²) >= 11 is 0. The number of ether oxygens (including phenoxy) is 1. The molecule has 7 nitrogen and oxygen atoms in total. The van der Waals surface area contributed by atoms with E-state index in [2.05, 4.69) is 20.7 Å². The molecule has 7 heteroatoms. The molecule has 1 amide bonds. The molecule has 2 rings (SSSR count). The average molecular weight is 281 g/mol. The van der Waals surface area contributed by atoms with Crippen molar-refractivity contribution in [2.75, 3.05) is 31.6 Å². The van der Waals surface area contributed by atoms with E-state index in [0.29, 0.717) is 31.5 Å². The molecule has 2 heterocycles. The topological polar surface area (TPSA) is 81.1 Å². The number of carbonyl (C=O) groups excluding carboxylic acids is 1. The van der Waals surface area contributed by atoms with E-state index >= 15 is 0 Å². The molecule has 20 heavy (non-hydrogen) atoms. The quantitative estimate of drug-likeness (QED) is 0.748. The highest BCUT2D eigenvalue weighted by Crippen LogP contribution is 2.23. The van der Waals surface area contributed by atoms with Crippen LogP contribution >= 0.6 is 0 Å². The molecule has 1 fully saturated rings. The third kappa shape index (κ3) is 4.01. The number of carbonyl (C=O) groups is 1. The number of amides is 1. The first kappa shape index (κ1) is 14.9. The molecule has 1 aromatic rings. The van der Waals surface area contributed by atoms with E-state index in [0.717, 1.165) is 31.8 Å². The van der Waals surface area contributed by atoms with Crippen molar-refractivity contribution in [2.45, 2.75) is 32.1 Å². The highest BCUT2D eigenvalue weighted by atomic mass is 16.5. The van der Waals surface area contributed by atoms with Crippen LogP contribution in [0, 0.1) is 0 Å². The predicted octanol–water partition coefficient (Wildman–Crippen LogP) is 0.647. The van der Waals surface area contributed by atoms with Crippen LogP contribution in [0.15, 0.2) is 0 Å². The number of hydrogen-bond acceptors (Lipinski definition) is 5. The molecule has 0 bridgehead atoms. The van der Waals surface area contributed by atoms with Gasteiger partial charge in [0.1, 0.15) is 0 Å². The number of anilines is 1. The van der Waals surface area contributed by atoms with Crippen LogP contribution < -0.4 is 10.6 Å². The third-order valence-electron chi connectivity index (χ3n) is 3.41.